The van der Waals surface area contributed by atoms with Crippen molar-refractivity contribution < 1.29 is 9.59 Å². The van der Waals surface area contributed by atoms with Crippen LogP contribution in [-0.2, 0) is 9.59 Å². The number of carbonyl (C=O) groups is 2. The van der Waals surface area contributed by atoms with Crippen LogP contribution in [0, 0.1) is 6.92 Å². The summed E-state index contributed by atoms with van der Waals surface area (Å²) in [5.74, 6) is -0.374. The Kier molecular flexibility index (Phi) is 4.24. The van der Waals surface area contributed by atoms with Crippen molar-refractivity contribution in [3.05, 3.63) is 77.4 Å². The summed E-state index contributed by atoms with van der Waals surface area (Å²) in [5.41, 5.74) is 5.71. The number of hydrazine groups is 1. The number of nitrogens with zero attached hydrogens (tertiary/aromatic N) is 1. The van der Waals surface area contributed by atoms with Crippen LogP contribution >= 0.6 is 0 Å². The average molecular weight is 306 g/mol. The van der Waals surface area contributed by atoms with Gasteiger partial charge in [0.2, 0.25) is 5.91 Å². The Bertz CT molecular complexity index is 736. The lowest BCUT2D eigenvalue weighted by atomic mass is 10.0. The Labute approximate surface area is 135 Å². The highest BCUT2D eigenvalue weighted by atomic mass is 16.2. The third-order valence-electron chi connectivity index (χ3n) is 3.85. The Hall–Kier alpha value is -2.88. The molecular weight excluding hydrogens is 288 g/mol. The maximum atomic E-state index is 12.4. The van der Waals surface area contributed by atoms with E-state index in [4.69, 9.17) is 0 Å². The SMILES string of the molecule is Cc1ccc(/C=C/C(=O)N2NC(=O)CC2c2ccccc2)cc1. The number of nitrogens with one attached hydrogen (secondary N) is 1. The van der Waals surface area contributed by atoms with E-state index < -0.39 is 0 Å². The van der Waals surface area contributed by atoms with Gasteiger partial charge in [-0.3, -0.25) is 15.0 Å². The van der Waals surface area contributed by atoms with Gasteiger partial charge in [-0.1, -0.05) is 60.2 Å². The number of amides is 2. The third kappa shape index (κ3) is 3.48. The standard InChI is InChI=1S/C19H18N2O2/c1-14-7-9-15(10-8-14)11-12-19(23)21-17(13-18(22)20-21)16-5-3-2-4-6-16/h2-12,17H,13H2,1H3,(H,20,22)/b12-11+. The van der Waals surface area contributed by atoms with E-state index in [0.29, 0.717) is 0 Å². The van der Waals surface area contributed by atoms with E-state index >= 15 is 0 Å². The molecule has 116 valence electrons. The van der Waals surface area contributed by atoms with E-state index in [0.717, 1.165) is 11.1 Å². The van der Waals surface area contributed by atoms with Crippen molar-refractivity contribution in [1.82, 2.24) is 10.4 Å². The highest BCUT2D eigenvalue weighted by Crippen LogP contribution is 2.27. The van der Waals surface area contributed by atoms with Crippen LogP contribution < -0.4 is 5.43 Å². The first-order valence-electron chi connectivity index (χ1n) is 7.56. The minimum atomic E-state index is -0.265. The summed E-state index contributed by atoms with van der Waals surface area (Å²) in [6, 6.07) is 17.2. The topological polar surface area (TPSA) is 49.4 Å². The van der Waals surface area contributed by atoms with Crippen LogP contribution in [0.5, 0.6) is 0 Å². The molecule has 0 aliphatic carbocycles. The maximum Gasteiger partial charge on any atom is 0.265 e. The first-order chi connectivity index (χ1) is 11.1. The van der Waals surface area contributed by atoms with Gasteiger partial charge in [0.05, 0.1) is 12.5 Å². The summed E-state index contributed by atoms with van der Waals surface area (Å²) in [5, 5.41) is 1.41. The summed E-state index contributed by atoms with van der Waals surface area (Å²) < 4.78 is 0. The summed E-state index contributed by atoms with van der Waals surface area (Å²) in [6.45, 7) is 2.02. The van der Waals surface area contributed by atoms with Crippen LogP contribution in [0.4, 0.5) is 0 Å². The molecule has 1 saturated heterocycles. The zero-order valence-corrected chi connectivity index (χ0v) is 12.9. The Morgan fingerprint density at radius 3 is 2.52 bits per heavy atom. The number of benzene rings is 2. The smallest absolute Gasteiger partial charge is 0.265 e. The number of hydrogen-bond acceptors (Lipinski definition) is 2. The van der Waals surface area contributed by atoms with Gasteiger partial charge in [-0.2, -0.15) is 0 Å². The first-order valence-corrected chi connectivity index (χ1v) is 7.56. The van der Waals surface area contributed by atoms with Crippen LogP contribution in [0.3, 0.4) is 0 Å². The molecule has 4 nitrogen and oxygen atoms in total. The van der Waals surface area contributed by atoms with E-state index in [1.807, 2.05) is 61.5 Å². The predicted octanol–water partition coefficient (Wildman–Crippen LogP) is 3.01. The Morgan fingerprint density at radius 1 is 1.13 bits per heavy atom. The van der Waals surface area contributed by atoms with Gasteiger partial charge in [0, 0.05) is 6.08 Å². The molecule has 2 aromatic carbocycles. The zero-order chi connectivity index (χ0) is 16.2. The molecule has 0 saturated carbocycles. The number of carbonyl (C=O) groups excluding carboxylic acids is 2. The second-order valence-corrected chi connectivity index (χ2v) is 5.62. The van der Waals surface area contributed by atoms with Gasteiger partial charge < -0.3 is 0 Å². The predicted molar refractivity (Wildman–Crippen MR) is 89.0 cm³/mol. The van der Waals surface area contributed by atoms with Crippen LogP contribution in [-0.4, -0.2) is 16.8 Å². The average Bonchev–Trinajstić information content (AvgIpc) is 2.97. The summed E-state index contributed by atoms with van der Waals surface area (Å²) in [4.78, 5) is 24.2. The zero-order valence-electron chi connectivity index (χ0n) is 12.9. The molecule has 0 aromatic heterocycles. The highest BCUT2D eigenvalue weighted by molar-refractivity contribution is 5.95. The summed E-state index contributed by atoms with van der Waals surface area (Å²) in [7, 11) is 0. The molecule has 1 aliphatic heterocycles. The van der Waals surface area contributed by atoms with Gasteiger partial charge in [0.15, 0.2) is 0 Å². The van der Waals surface area contributed by atoms with Gasteiger partial charge >= 0.3 is 0 Å². The van der Waals surface area contributed by atoms with E-state index in [2.05, 4.69) is 5.43 Å². The van der Waals surface area contributed by atoms with Crippen LogP contribution in [0.2, 0.25) is 0 Å². The van der Waals surface area contributed by atoms with Gasteiger partial charge in [-0.15, -0.1) is 0 Å². The van der Waals surface area contributed by atoms with Crippen molar-refractivity contribution in [3.63, 3.8) is 0 Å². The molecule has 23 heavy (non-hydrogen) atoms. The lowest BCUT2D eigenvalue weighted by Gasteiger charge is -2.22. The highest BCUT2D eigenvalue weighted by Gasteiger charge is 2.33. The number of rotatable bonds is 3. The molecule has 0 spiro atoms. The number of aryl methyl sites for hydroxylation is 1. The van der Waals surface area contributed by atoms with Crippen molar-refractivity contribution >= 4 is 17.9 Å². The van der Waals surface area contributed by atoms with Gasteiger partial charge in [0.1, 0.15) is 0 Å². The molecule has 3 rings (SSSR count). The van der Waals surface area contributed by atoms with Crippen LogP contribution in [0.15, 0.2) is 60.7 Å². The van der Waals surface area contributed by atoms with Gasteiger partial charge in [0.25, 0.3) is 5.91 Å². The molecule has 0 radical (unpaired) electrons. The molecule has 2 amide bonds. The van der Waals surface area contributed by atoms with E-state index in [1.165, 1.54) is 16.6 Å². The molecule has 1 unspecified atom stereocenters. The van der Waals surface area contributed by atoms with Crippen molar-refractivity contribution in [3.8, 4) is 0 Å². The minimum absolute atomic E-state index is 0.143. The van der Waals surface area contributed by atoms with Crippen molar-refractivity contribution in [2.45, 2.75) is 19.4 Å². The lowest BCUT2D eigenvalue weighted by Crippen LogP contribution is -2.39. The van der Waals surface area contributed by atoms with Crippen LogP contribution in [0.25, 0.3) is 6.08 Å². The fraction of sp³-hybridized carbons (Fsp3) is 0.158. The molecule has 0 bridgehead atoms. The monoisotopic (exact) mass is 306 g/mol. The molecule has 2 aromatic rings. The minimum Gasteiger partial charge on any atom is -0.273 e. The molecule has 1 fully saturated rings. The quantitative estimate of drug-likeness (QED) is 0.886. The lowest BCUT2D eigenvalue weighted by molar-refractivity contribution is -0.133. The van der Waals surface area contributed by atoms with Gasteiger partial charge in [-0.25, -0.2) is 5.01 Å². The third-order valence-corrected chi connectivity index (χ3v) is 3.85. The van der Waals surface area contributed by atoms with E-state index in [1.54, 1.807) is 6.08 Å². The second kappa shape index (κ2) is 6.48. The fourth-order valence-electron chi connectivity index (χ4n) is 2.60. The molecule has 1 atom stereocenters. The van der Waals surface area contributed by atoms with E-state index in [-0.39, 0.29) is 24.3 Å². The summed E-state index contributed by atoms with van der Waals surface area (Å²) >= 11 is 0. The van der Waals surface area contributed by atoms with Crippen molar-refractivity contribution in [2.75, 3.05) is 0 Å². The molecule has 1 N–H and O–H groups in total. The van der Waals surface area contributed by atoms with Crippen LogP contribution in [0.1, 0.15) is 29.2 Å². The second-order valence-electron chi connectivity index (χ2n) is 5.62. The Morgan fingerprint density at radius 2 is 1.83 bits per heavy atom. The molecular formula is C19H18N2O2. The Balaban J connectivity index is 1.77. The molecule has 1 aliphatic rings. The van der Waals surface area contributed by atoms with Crippen molar-refractivity contribution in [1.29, 1.82) is 0 Å². The maximum absolute atomic E-state index is 12.4. The first kappa shape index (κ1) is 15.0. The summed E-state index contributed by atoms with van der Waals surface area (Å²) in [6.07, 6.45) is 3.54. The number of hydrogen-bond donors (Lipinski definition) is 1. The normalized spacial score (nSPS) is 17.5. The molecule has 4 heteroatoms. The van der Waals surface area contributed by atoms with Crippen molar-refractivity contribution in [2.24, 2.45) is 0 Å². The fourth-order valence-corrected chi connectivity index (χ4v) is 2.60. The largest absolute Gasteiger partial charge is 0.273 e. The molecule has 1 heterocycles. The van der Waals surface area contributed by atoms with Gasteiger partial charge in [-0.05, 0) is 24.1 Å². The van der Waals surface area contributed by atoms with E-state index in [9.17, 15) is 9.59 Å².